The summed E-state index contributed by atoms with van der Waals surface area (Å²) in [6, 6.07) is 0.674. The maximum atomic E-state index is 4.53. The van der Waals surface area contributed by atoms with Crippen molar-refractivity contribution in [1.82, 2.24) is 10.3 Å². The summed E-state index contributed by atoms with van der Waals surface area (Å²) < 4.78 is 1.24. The van der Waals surface area contributed by atoms with E-state index in [1.54, 1.807) is 11.3 Å². The van der Waals surface area contributed by atoms with Crippen molar-refractivity contribution in [3.8, 4) is 0 Å². The standard InChI is InChI=1S/C11H18N2S2/c1-8-7-14-11(13-8)15-10-6-4-3-5-9(10)12-2/h7,9-10,12H,3-6H2,1-2H3. The van der Waals surface area contributed by atoms with Crippen molar-refractivity contribution < 1.29 is 0 Å². The summed E-state index contributed by atoms with van der Waals surface area (Å²) in [5, 5.41) is 6.29. The monoisotopic (exact) mass is 242 g/mol. The van der Waals surface area contributed by atoms with Crippen molar-refractivity contribution in [2.24, 2.45) is 0 Å². The van der Waals surface area contributed by atoms with Crippen molar-refractivity contribution in [3.63, 3.8) is 0 Å². The zero-order chi connectivity index (χ0) is 10.7. The SMILES string of the molecule is CNC1CCCCC1Sc1nc(C)cs1. The molecule has 1 N–H and O–H groups in total. The molecule has 1 saturated carbocycles. The summed E-state index contributed by atoms with van der Waals surface area (Å²) in [5.41, 5.74) is 1.15. The van der Waals surface area contributed by atoms with Crippen molar-refractivity contribution in [2.45, 2.75) is 48.2 Å². The largest absolute Gasteiger partial charge is 0.316 e. The fourth-order valence-corrected chi connectivity index (χ4v) is 4.52. The molecule has 0 amide bonds. The zero-order valence-electron chi connectivity index (χ0n) is 9.32. The Labute approximate surface area is 99.9 Å². The van der Waals surface area contributed by atoms with Crippen LogP contribution in [0.1, 0.15) is 31.4 Å². The van der Waals surface area contributed by atoms with Gasteiger partial charge in [-0.05, 0) is 26.8 Å². The fourth-order valence-electron chi connectivity index (χ4n) is 2.08. The lowest BCUT2D eigenvalue weighted by molar-refractivity contribution is 0.405. The lowest BCUT2D eigenvalue weighted by Crippen LogP contribution is -2.38. The molecule has 0 aromatic carbocycles. The molecule has 2 atom stereocenters. The number of hydrogen-bond acceptors (Lipinski definition) is 4. The molecular weight excluding hydrogens is 224 g/mol. The Balaban J connectivity index is 1.97. The maximum absolute atomic E-state index is 4.53. The predicted molar refractivity (Wildman–Crippen MR) is 67.8 cm³/mol. The summed E-state index contributed by atoms with van der Waals surface area (Å²) >= 11 is 3.74. The predicted octanol–water partition coefficient (Wildman–Crippen LogP) is 3.07. The highest BCUT2D eigenvalue weighted by Gasteiger charge is 2.25. The Morgan fingerprint density at radius 2 is 2.27 bits per heavy atom. The number of thiazole rings is 1. The van der Waals surface area contributed by atoms with E-state index >= 15 is 0 Å². The van der Waals surface area contributed by atoms with E-state index in [-0.39, 0.29) is 0 Å². The molecule has 1 heterocycles. The first-order valence-electron chi connectivity index (χ1n) is 5.55. The van der Waals surface area contributed by atoms with E-state index in [2.05, 4.69) is 29.7 Å². The van der Waals surface area contributed by atoms with E-state index in [1.165, 1.54) is 30.0 Å². The highest BCUT2D eigenvalue weighted by Crippen LogP contribution is 2.35. The third kappa shape index (κ3) is 2.95. The average molecular weight is 242 g/mol. The molecule has 2 rings (SSSR count). The molecule has 0 aliphatic heterocycles. The molecule has 0 radical (unpaired) electrons. The highest BCUT2D eigenvalue weighted by molar-refractivity contribution is 8.01. The molecule has 2 unspecified atom stereocenters. The van der Waals surface area contributed by atoms with Crippen LogP contribution in [-0.2, 0) is 0 Å². The van der Waals surface area contributed by atoms with Crippen molar-refractivity contribution >= 4 is 23.1 Å². The number of aryl methyl sites for hydroxylation is 1. The maximum Gasteiger partial charge on any atom is 0.150 e. The third-order valence-electron chi connectivity index (χ3n) is 2.92. The molecule has 1 aliphatic carbocycles. The average Bonchev–Trinajstić information content (AvgIpc) is 2.65. The summed E-state index contributed by atoms with van der Waals surface area (Å²) in [6.45, 7) is 2.07. The minimum atomic E-state index is 0.674. The van der Waals surface area contributed by atoms with Crippen LogP contribution in [0.15, 0.2) is 9.72 Å². The van der Waals surface area contributed by atoms with Crippen LogP contribution in [0, 0.1) is 6.92 Å². The van der Waals surface area contributed by atoms with E-state index in [1.807, 2.05) is 11.8 Å². The van der Waals surface area contributed by atoms with Gasteiger partial charge in [0.1, 0.15) is 4.34 Å². The first-order valence-corrected chi connectivity index (χ1v) is 7.31. The molecular formula is C11H18N2S2. The second kappa shape index (κ2) is 5.32. The number of rotatable bonds is 3. The number of hydrogen-bond donors (Lipinski definition) is 1. The van der Waals surface area contributed by atoms with Crippen molar-refractivity contribution in [3.05, 3.63) is 11.1 Å². The van der Waals surface area contributed by atoms with Gasteiger partial charge in [-0.1, -0.05) is 24.6 Å². The molecule has 2 nitrogen and oxygen atoms in total. The van der Waals surface area contributed by atoms with Gasteiger partial charge < -0.3 is 5.32 Å². The van der Waals surface area contributed by atoms with Gasteiger partial charge >= 0.3 is 0 Å². The van der Waals surface area contributed by atoms with Gasteiger partial charge in [-0.3, -0.25) is 0 Å². The molecule has 1 aromatic rings. The lowest BCUT2D eigenvalue weighted by atomic mass is 9.95. The summed E-state index contributed by atoms with van der Waals surface area (Å²) in [6.07, 6.45) is 5.40. The number of thioether (sulfide) groups is 1. The van der Waals surface area contributed by atoms with E-state index in [4.69, 9.17) is 0 Å². The topological polar surface area (TPSA) is 24.9 Å². The van der Waals surface area contributed by atoms with Gasteiger partial charge in [-0.15, -0.1) is 11.3 Å². The quantitative estimate of drug-likeness (QED) is 0.882. The van der Waals surface area contributed by atoms with Gasteiger partial charge in [0.15, 0.2) is 0 Å². The molecule has 0 saturated heterocycles. The van der Waals surface area contributed by atoms with Gasteiger partial charge in [0.05, 0.1) is 0 Å². The second-order valence-electron chi connectivity index (χ2n) is 4.09. The Hall–Kier alpha value is -0.0600. The van der Waals surface area contributed by atoms with Crippen LogP contribution in [0.5, 0.6) is 0 Å². The van der Waals surface area contributed by atoms with Crippen LogP contribution in [0.3, 0.4) is 0 Å². The van der Waals surface area contributed by atoms with E-state index < -0.39 is 0 Å². The molecule has 15 heavy (non-hydrogen) atoms. The van der Waals surface area contributed by atoms with Crippen LogP contribution in [0.2, 0.25) is 0 Å². The lowest BCUT2D eigenvalue weighted by Gasteiger charge is -2.29. The molecule has 1 aromatic heterocycles. The molecule has 84 valence electrons. The van der Waals surface area contributed by atoms with Gasteiger partial charge in [0, 0.05) is 22.4 Å². The molecule has 0 bridgehead atoms. The Morgan fingerprint density at radius 3 is 2.93 bits per heavy atom. The fraction of sp³-hybridized carbons (Fsp3) is 0.727. The van der Waals surface area contributed by atoms with Crippen LogP contribution in [-0.4, -0.2) is 23.3 Å². The van der Waals surface area contributed by atoms with Crippen molar-refractivity contribution in [2.75, 3.05) is 7.05 Å². The van der Waals surface area contributed by atoms with Gasteiger partial charge in [-0.2, -0.15) is 0 Å². The Bertz CT molecular complexity index is 311. The zero-order valence-corrected chi connectivity index (χ0v) is 11.0. The van der Waals surface area contributed by atoms with Crippen LogP contribution in [0.25, 0.3) is 0 Å². The first-order chi connectivity index (χ1) is 7.29. The normalized spacial score (nSPS) is 26.8. The molecule has 1 aliphatic rings. The van der Waals surface area contributed by atoms with Gasteiger partial charge in [0.25, 0.3) is 0 Å². The minimum absolute atomic E-state index is 0.674. The Kier molecular flexibility index (Phi) is 4.05. The summed E-state index contributed by atoms with van der Waals surface area (Å²) in [4.78, 5) is 4.53. The third-order valence-corrected chi connectivity index (χ3v) is 5.41. The van der Waals surface area contributed by atoms with Crippen LogP contribution < -0.4 is 5.32 Å². The van der Waals surface area contributed by atoms with E-state index in [0.29, 0.717) is 11.3 Å². The van der Waals surface area contributed by atoms with Crippen LogP contribution >= 0.6 is 23.1 Å². The highest BCUT2D eigenvalue weighted by atomic mass is 32.2. The van der Waals surface area contributed by atoms with Crippen LogP contribution in [0.4, 0.5) is 0 Å². The Morgan fingerprint density at radius 1 is 1.47 bits per heavy atom. The smallest absolute Gasteiger partial charge is 0.150 e. The van der Waals surface area contributed by atoms with Crippen molar-refractivity contribution in [1.29, 1.82) is 0 Å². The van der Waals surface area contributed by atoms with Gasteiger partial charge in [-0.25, -0.2) is 4.98 Å². The molecule has 1 fully saturated rings. The van der Waals surface area contributed by atoms with E-state index in [0.717, 1.165) is 5.69 Å². The minimum Gasteiger partial charge on any atom is -0.316 e. The number of nitrogens with zero attached hydrogens (tertiary/aromatic N) is 1. The molecule has 0 spiro atoms. The van der Waals surface area contributed by atoms with E-state index in [9.17, 15) is 0 Å². The second-order valence-corrected chi connectivity index (χ2v) is 6.44. The summed E-state index contributed by atoms with van der Waals surface area (Å²) in [5.74, 6) is 0. The first kappa shape index (κ1) is 11.4. The molecule has 4 heteroatoms. The number of nitrogens with one attached hydrogen (secondary N) is 1. The van der Waals surface area contributed by atoms with Gasteiger partial charge in [0.2, 0.25) is 0 Å². The number of aromatic nitrogens is 1. The summed E-state index contributed by atoms with van der Waals surface area (Å²) in [7, 11) is 2.08.